The average molecular weight is 1350 g/mol. The van der Waals surface area contributed by atoms with Crippen LogP contribution in [-0.4, -0.2) is 0 Å². The van der Waals surface area contributed by atoms with E-state index in [9.17, 15) is 0 Å². The third-order valence-electron chi connectivity index (χ3n) is 25.1. The van der Waals surface area contributed by atoms with Gasteiger partial charge in [0.25, 0.3) is 0 Å². The highest BCUT2D eigenvalue weighted by molar-refractivity contribution is 6.03. The molecule has 498 valence electrons. The van der Waals surface area contributed by atoms with Crippen molar-refractivity contribution < 1.29 is 0 Å². The van der Waals surface area contributed by atoms with Gasteiger partial charge in [0.2, 0.25) is 0 Å². The topological polar surface area (TPSA) is 6.48 Å². The zero-order valence-corrected chi connectivity index (χ0v) is 59.3. The summed E-state index contributed by atoms with van der Waals surface area (Å²) in [7, 11) is 0. The Morgan fingerprint density at radius 1 is 0.208 bits per heavy atom. The second kappa shape index (κ2) is 22.6. The molecule has 22 rings (SSSR count). The van der Waals surface area contributed by atoms with E-state index in [0.717, 1.165) is 40.5 Å². The third kappa shape index (κ3) is 8.16. The summed E-state index contributed by atoms with van der Waals surface area (Å²) in [4.78, 5) is 5.11. The lowest BCUT2D eigenvalue weighted by molar-refractivity contribution is 0.583. The Hall–Kier alpha value is -12.9. The van der Waals surface area contributed by atoms with Crippen molar-refractivity contribution >= 4 is 34.1 Å². The van der Waals surface area contributed by atoms with Crippen LogP contribution in [0.1, 0.15) is 93.1 Å². The zero-order chi connectivity index (χ0) is 70.2. The first-order valence-electron chi connectivity index (χ1n) is 37.5. The zero-order valence-electron chi connectivity index (χ0n) is 59.3. The quantitative estimate of drug-likeness (QED) is 0.135. The maximum Gasteiger partial charge on any atom is 0.0725 e. The summed E-state index contributed by atoms with van der Waals surface area (Å²) >= 11 is 0. The van der Waals surface area contributed by atoms with Gasteiger partial charge in [0, 0.05) is 44.6 Å². The number of nitrogens with zero attached hydrogens (tertiary/aromatic N) is 2. The first-order chi connectivity index (χ1) is 52.2. The Labute approximate surface area is 620 Å². The number of rotatable bonds is 10. The molecule has 2 heteroatoms. The SMILES string of the molecule is CC1(C)c2ccccc2-c2cc(N(c3ccc4c(c3)-c3ccccc3C43c4ccccc4-c4cc(CC5(C)c6ccccc6-c6c(N(c7ccc8c(c7)-c7ccccc7C87c8ccccc8-c8ccccc87)c7ccccc7-c7ccccc7)cccc65)ccc43)c3ccccc3-c3ccccc3)ccc21. The van der Waals surface area contributed by atoms with Gasteiger partial charge in [0.1, 0.15) is 0 Å². The minimum absolute atomic E-state index is 0.116. The van der Waals surface area contributed by atoms with Crippen molar-refractivity contribution in [3.05, 3.63) is 442 Å². The molecule has 16 aromatic carbocycles. The molecular weight excluding hydrogens is 1280 g/mol. The monoisotopic (exact) mass is 1350 g/mol. The summed E-state index contributed by atoms with van der Waals surface area (Å²) < 4.78 is 0. The molecule has 16 aromatic rings. The van der Waals surface area contributed by atoms with Gasteiger partial charge in [-0.25, -0.2) is 0 Å². The molecule has 2 nitrogen and oxygen atoms in total. The molecule has 2 atom stereocenters. The third-order valence-corrected chi connectivity index (χ3v) is 25.1. The lowest BCUT2D eigenvalue weighted by Gasteiger charge is -2.33. The Balaban J connectivity index is 0.688. The van der Waals surface area contributed by atoms with Crippen LogP contribution in [0.5, 0.6) is 0 Å². The average Bonchev–Trinajstić information content (AvgIpc) is 1.51. The van der Waals surface area contributed by atoms with Gasteiger partial charge in [-0.1, -0.05) is 336 Å². The molecule has 0 bridgehead atoms. The van der Waals surface area contributed by atoms with Crippen LogP contribution >= 0.6 is 0 Å². The molecule has 6 aliphatic carbocycles. The summed E-state index contributed by atoms with van der Waals surface area (Å²) in [5.74, 6) is 0. The van der Waals surface area contributed by atoms with Crippen LogP contribution in [0, 0.1) is 0 Å². The first kappa shape index (κ1) is 60.7. The summed E-state index contributed by atoms with van der Waals surface area (Å²) in [6, 6.07) is 141. The molecule has 0 heterocycles. The van der Waals surface area contributed by atoms with E-state index >= 15 is 0 Å². The smallest absolute Gasteiger partial charge is 0.0725 e. The highest BCUT2D eigenvalue weighted by Crippen LogP contribution is 2.67. The molecular formula is C104H72N2. The van der Waals surface area contributed by atoms with Crippen LogP contribution < -0.4 is 9.80 Å². The Kier molecular flexibility index (Phi) is 12.9. The number of anilines is 6. The molecule has 0 N–H and O–H groups in total. The van der Waals surface area contributed by atoms with Crippen LogP contribution in [0.3, 0.4) is 0 Å². The van der Waals surface area contributed by atoms with Crippen LogP contribution in [-0.2, 0) is 28.1 Å². The van der Waals surface area contributed by atoms with Gasteiger partial charge < -0.3 is 9.80 Å². The van der Waals surface area contributed by atoms with E-state index in [1.807, 2.05) is 0 Å². The van der Waals surface area contributed by atoms with E-state index in [-0.39, 0.29) is 5.41 Å². The van der Waals surface area contributed by atoms with Crippen molar-refractivity contribution in [3.8, 4) is 89.0 Å². The minimum Gasteiger partial charge on any atom is -0.310 e. The molecule has 2 unspecified atom stereocenters. The van der Waals surface area contributed by atoms with Crippen molar-refractivity contribution in [2.24, 2.45) is 0 Å². The molecule has 0 radical (unpaired) electrons. The number of para-hydroxylation sites is 2. The molecule has 0 aliphatic heterocycles. The van der Waals surface area contributed by atoms with Crippen molar-refractivity contribution in [1.29, 1.82) is 0 Å². The molecule has 2 spiro atoms. The van der Waals surface area contributed by atoms with Crippen molar-refractivity contribution in [2.75, 3.05) is 9.80 Å². The van der Waals surface area contributed by atoms with E-state index in [1.165, 1.54) is 161 Å². The summed E-state index contributed by atoms with van der Waals surface area (Å²) in [5.41, 5.74) is 42.8. The maximum atomic E-state index is 2.59. The van der Waals surface area contributed by atoms with Crippen LogP contribution in [0.15, 0.2) is 370 Å². The Morgan fingerprint density at radius 3 is 0.991 bits per heavy atom. The van der Waals surface area contributed by atoms with Gasteiger partial charge in [-0.2, -0.15) is 0 Å². The summed E-state index contributed by atoms with van der Waals surface area (Å²) in [5, 5.41) is 0. The Bertz CT molecular complexity index is 6340. The Morgan fingerprint density at radius 2 is 0.509 bits per heavy atom. The number of fused-ring (bicyclic) bond motifs is 26. The number of hydrogen-bond donors (Lipinski definition) is 0. The normalized spacial score (nSPS) is 16.5. The van der Waals surface area contributed by atoms with E-state index in [4.69, 9.17) is 0 Å². The fourth-order valence-electron chi connectivity index (χ4n) is 20.8. The predicted octanol–water partition coefficient (Wildman–Crippen LogP) is 26.5. The largest absolute Gasteiger partial charge is 0.310 e. The van der Waals surface area contributed by atoms with Crippen molar-refractivity contribution in [3.63, 3.8) is 0 Å². The molecule has 0 aromatic heterocycles. The molecule has 106 heavy (non-hydrogen) atoms. The van der Waals surface area contributed by atoms with Gasteiger partial charge in [-0.15, -0.1) is 0 Å². The van der Waals surface area contributed by atoms with E-state index in [1.54, 1.807) is 0 Å². The molecule has 6 aliphatic rings. The highest BCUT2D eigenvalue weighted by atomic mass is 15.2. The summed E-state index contributed by atoms with van der Waals surface area (Å²) in [6.07, 6.45) is 0.798. The van der Waals surface area contributed by atoms with Crippen LogP contribution in [0.25, 0.3) is 89.0 Å². The second-order valence-corrected chi connectivity index (χ2v) is 30.7. The predicted molar refractivity (Wildman–Crippen MR) is 439 cm³/mol. The van der Waals surface area contributed by atoms with E-state index in [0.29, 0.717) is 0 Å². The van der Waals surface area contributed by atoms with Gasteiger partial charge in [0.15, 0.2) is 0 Å². The molecule has 0 amide bonds. The van der Waals surface area contributed by atoms with Crippen molar-refractivity contribution in [2.45, 2.75) is 48.9 Å². The molecule has 0 saturated heterocycles. The second-order valence-electron chi connectivity index (χ2n) is 30.7. The van der Waals surface area contributed by atoms with Crippen LogP contribution in [0.2, 0.25) is 0 Å². The number of hydrogen-bond acceptors (Lipinski definition) is 2. The van der Waals surface area contributed by atoms with E-state index in [2.05, 4.69) is 401 Å². The van der Waals surface area contributed by atoms with Crippen LogP contribution in [0.4, 0.5) is 34.1 Å². The highest BCUT2D eigenvalue weighted by Gasteiger charge is 2.54. The summed E-state index contributed by atoms with van der Waals surface area (Å²) in [6.45, 7) is 7.26. The molecule has 0 fully saturated rings. The van der Waals surface area contributed by atoms with Gasteiger partial charge in [-0.3, -0.25) is 0 Å². The van der Waals surface area contributed by atoms with Crippen molar-refractivity contribution in [1.82, 2.24) is 0 Å². The maximum absolute atomic E-state index is 2.59. The molecule has 0 saturated carbocycles. The van der Waals surface area contributed by atoms with Gasteiger partial charge in [0.05, 0.1) is 27.9 Å². The minimum atomic E-state index is -0.554. The number of benzene rings is 16. The fraction of sp³-hybridized carbons (Fsp3) is 0.0769. The standard InChI is InChI=1S/C104H72N2/c1-101(2)85-42-19-10-37-76(85)82-62-69(54-58-86(82)101)105(97-50-26-17-33-72(97)67-29-6-4-7-30-67)70-55-59-95-83(63-70)78-39-15-25-48-92(78)104(95)90-46-23-13-38-77(90)81-61-66(53-57-93(81)104)65-102(3)87-43-20-16-41-80(87)100-96(102)49-28-52-99(100)106(98-51-27-18-34-73(98)68-31-8-5-9-32-68)71-56-60-94-84(64-71)79-40-14-24-47-91(79)103(94)88-44-21-11-35-74(88)75-36-12-22-45-89(75)103/h4-64H,65H2,1-3H3. The lowest BCUT2D eigenvalue weighted by Crippen LogP contribution is -2.26. The van der Waals surface area contributed by atoms with Gasteiger partial charge in [-0.05, 0) is 206 Å². The lowest BCUT2D eigenvalue weighted by atomic mass is 9.70. The van der Waals surface area contributed by atoms with E-state index < -0.39 is 16.2 Å². The fourth-order valence-corrected chi connectivity index (χ4v) is 20.8. The first-order valence-corrected chi connectivity index (χ1v) is 37.5. The van der Waals surface area contributed by atoms with Gasteiger partial charge >= 0.3 is 0 Å².